The molecule has 2 amide bonds. The molecule has 6 heteroatoms. The number of likely N-dealkylation sites (tertiary alicyclic amines) is 1. The van der Waals surface area contributed by atoms with E-state index in [1.165, 1.54) is 0 Å². The van der Waals surface area contributed by atoms with Crippen LogP contribution in [0.2, 0.25) is 0 Å². The summed E-state index contributed by atoms with van der Waals surface area (Å²) < 4.78 is 10.7. The summed E-state index contributed by atoms with van der Waals surface area (Å²) in [6.45, 7) is 7.46. The van der Waals surface area contributed by atoms with E-state index in [0.717, 1.165) is 24.2 Å². The van der Waals surface area contributed by atoms with E-state index in [-0.39, 0.29) is 24.6 Å². The van der Waals surface area contributed by atoms with Crippen LogP contribution in [0.1, 0.15) is 31.2 Å². The summed E-state index contributed by atoms with van der Waals surface area (Å²) in [5.41, 5.74) is 1.09. The van der Waals surface area contributed by atoms with Crippen molar-refractivity contribution < 1.29 is 19.1 Å². The summed E-state index contributed by atoms with van der Waals surface area (Å²) in [7, 11) is 0. The van der Waals surface area contributed by atoms with Crippen LogP contribution in [0, 0.1) is 6.92 Å². The maximum atomic E-state index is 12.1. The Labute approximate surface area is 155 Å². The number of hydrogen-bond donors (Lipinski definition) is 1. The summed E-state index contributed by atoms with van der Waals surface area (Å²) in [6.07, 6.45) is 3.83. The average molecular weight is 360 g/mol. The van der Waals surface area contributed by atoms with Crippen molar-refractivity contribution in [3.63, 3.8) is 0 Å². The molecule has 142 valence electrons. The van der Waals surface area contributed by atoms with E-state index in [2.05, 4.69) is 11.9 Å². The molecule has 0 radical (unpaired) electrons. The number of ether oxygens (including phenoxy) is 2. The van der Waals surface area contributed by atoms with E-state index in [4.69, 9.17) is 9.47 Å². The lowest BCUT2D eigenvalue weighted by atomic mass is 10.1. The number of piperidine rings is 1. The van der Waals surface area contributed by atoms with Gasteiger partial charge in [-0.05, 0) is 37.8 Å². The lowest BCUT2D eigenvalue weighted by Crippen LogP contribution is -2.46. The second kappa shape index (κ2) is 10.5. The van der Waals surface area contributed by atoms with Gasteiger partial charge in [-0.3, -0.25) is 4.79 Å². The quantitative estimate of drug-likeness (QED) is 0.571. The summed E-state index contributed by atoms with van der Waals surface area (Å²) in [5.74, 6) is 0.898. The molecule has 0 saturated carbocycles. The number of benzene rings is 1. The summed E-state index contributed by atoms with van der Waals surface area (Å²) in [4.78, 5) is 25.5. The van der Waals surface area contributed by atoms with Gasteiger partial charge < -0.3 is 19.7 Å². The van der Waals surface area contributed by atoms with Crippen LogP contribution in [0.4, 0.5) is 4.79 Å². The van der Waals surface area contributed by atoms with Gasteiger partial charge in [-0.15, -0.1) is 0 Å². The van der Waals surface area contributed by atoms with Gasteiger partial charge in [0, 0.05) is 25.6 Å². The molecule has 1 saturated heterocycles. The van der Waals surface area contributed by atoms with Crippen molar-refractivity contribution >= 4 is 12.0 Å². The van der Waals surface area contributed by atoms with E-state index in [9.17, 15) is 9.59 Å². The highest BCUT2D eigenvalue weighted by atomic mass is 16.6. The SMILES string of the molecule is C=CCOC(=O)N1CCC(NC(=O)CCCOc2ccccc2C)CC1. The number of amides is 2. The molecule has 0 unspecified atom stereocenters. The fourth-order valence-corrected chi connectivity index (χ4v) is 2.86. The molecule has 26 heavy (non-hydrogen) atoms. The fraction of sp³-hybridized carbons (Fsp3) is 0.500. The summed E-state index contributed by atoms with van der Waals surface area (Å²) in [5, 5.41) is 3.04. The monoisotopic (exact) mass is 360 g/mol. The maximum absolute atomic E-state index is 12.1. The largest absolute Gasteiger partial charge is 0.493 e. The Morgan fingerprint density at radius 1 is 1.31 bits per heavy atom. The van der Waals surface area contributed by atoms with Crippen molar-refractivity contribution in [3.05, 3.63) is 42.5 Å². The van der Waals surface area contributed by atoms with Crippen molar-refractivity contribution in [1.29, 1.82) is 0 Å². The molecule has 0 bridgehead atoms. The van der Waals surface area contributed by atoms with Gasteiger partial charge in [0.2, 0.25) is 5.91 Å². The Balaban J connectivity index is 1.59. The molecule has 1 heterocycles. The highest BCUT2D eigenvalue weighted by Gasteiger charge is 2.24. The predicted octanol–water partition coefficient (Wildman–Crippen LogP) is 3.06. The molecule has 0 aliphatic carbocycles. The lowest BCUT2D eigenvalue weighted by molar-refractivity contribution is -0.122. The molecule has 1 aromatic rings. The van der Waals surface area contributed by atoms with Crippen molar-refractivity contribution in [2.45, 2.75) is 38.6 Å². The molecular formula is C20H28N2O4. The number of para-hydroxylation sites is 1. The van der Waals surface area contributed by atoms with Crippen LogP contribution in [0.25, 0.3) is 0 Å². The van der Waals surface area contributed by atoms with Crippen LogP contribution in [-0.2, 0) is 9.53 Å². The number of rotatable bonds is 8. The minimum atomic E-state index is -0.317. The van der Waals surface area contributed by atoms with Gasteiger partial charge in [-0.1, -0.05) is 30.9 Å². The molecule has 1 aliphatic rings. The van der Waals surface area contributed by atoms with Crippen LogP contribution in [0.15, 0.2) is 36.9 Å². The molecule has 6 nitrogen and oxygen atoms in total. The minimum absolute atomic E-state index is 0.0334. The number of nitrogens with zero attached hydrogens (tertiary/aromatic N) is 1. The smallest absolute Gasteiger partial charge is 0.410 e. The van der Waals surface area contributed by atoms with Crippen molar-refractivity contribution in [2.75, 3.05) is 26.3 Å². The van der Waals surface area contributed by atoms with Gasteiger partial charge in [0.25, 0.3) is 0 Å². The maximum Gasteiger partial charge on any atom is 0.410 e. The third-order valence-corrected chi connectivity index (χ3v) is 4.34. The van der Waals surface area contributed by atoms with Crippen molar-refractivity contribution in [3.8, 4) is 5.75 Å². The normalized spacial score (nSPS) is 14.6. The average Bonchev–Trinajstić information content (AvgIpc) is 2.65. The van der Waals surface area contributed by atoms with Gasteiger partial charge >= 0.3 is 6.09 Å². The Bertz CT molecular complexity index is 610. The first kappa shape index (κ1) is 19.8. The zero-order chi connectivity index (χ0) is 18.8. The number of carbonyl (C=O) groups excluding carboxylic acids is 2. The number of carbonyl (C=O) groups is 2. The van der Waals surface area contributed by atoms with Crippen LogP contribution in [-0.4, -0.2) is 49.2 Å². The van der Waals surface area contributed by atoms with E-state index in [0.29, 0.717) is 32.5 Å². The zero-order valence-electron chi connectivity index (χ0n) is 15.4. The van der Waals surface area contributed by atoms with Gasteiger partial charge in [0.1, 0.15) is 12.4 Å². The molecule has 1 aliphatic heterocycles. The molecule has 0 aromatic heterocycles. The zero-order valence-corrected chi connectivity index (χ0v) is 15.4. The van der Waals surface area contributed by atoms with E-state index in [1.807, 2.05) is 31.2 Å². The molecular weight excluding hydrogens is 332 g/mol. The Hall–Kier alpha value is -2.50. The van der Waals surface area contributed by atoms with E-state index < -0.39 is 0 Å². The first-order valence-corrected chi connectivity index (χ1v) is 9.10. The topological polar surface area (TPSA) is 67.9 Å². The van der Waals surface area contributed by atoms with Crippen LogP contribution < -0.4 is 10.1 Å². The number of nitrogens with one attached hydrogen (secondary N) is 1. The fourth-order valence-electron chi connectivity index (χ4n) is 2.86. The summed E-state index contributed by atoms with van der Waals surface area (Å²) in [6, 6.07) is 7.96. The van der Waals surface area contributed by atoms with E-state index >= 15 is 0 Å². The van der Waals surface area contributed by atoms with Gasteiger partial charge in [-0.25, -0.2) is 4.79 Å². The Kier molecular flexibility index (Phi) is 7.99. The minimum Gasteiger partial charge on any atom is -0.493 e. The van der Waals surface area contributed by atoms with E-state index in [1.54, 1.807) is 11.0 Å². The molecule has 1 fully saturated rings. The van der Waals surface area contributed by atoms with Crippen LogP contribution in [0.3, 0.4) is 0 Å². The Morgan fingerprint density at radius 3 is 2.73 bits per heavy atom. The second-order valence-corrected chi connectivity index (χ2v) is 6.41. The first-order chi connectivity index (χ1) is 12.6. The van der Waals surface area contributed by atoms with Gasteiger partial charge in [0.15, 0.2) is 0 Å². The highest BCUT2D eigenvalue weighted by molar-refractivity contribution is 5.76. The van der Waals surface area contributed by atoms with Crippen LogP contribution >= 0.6 is 0 Å². The standard InChI is InChI=1S/C20H28N2O4/c1-3-14-26-20(24)22-12-10-17(11-13-22)21-19(23)9-6-15-25-18-8-5-4-7-16(18)2/h3-5,7-8,17H,1,6,9-15H2,2H3,(H,21,23). The first-order valence-electron chi connectivity index (χ1n) is 9.10. The van der Waals surface area contributed by atoms with Gasteiger partial charge in [-0.2, -0.15) is 0 Å². The summed E-state index contributed by atoms with van der Waals surface area (Å²) >= 11 is 0. The molecule has 0 spiro atoms. The van der Waals surface area contributed by atoms with Crippen LogP contribution in [0.5, 0.6) is 5.75 Å². The van der Waals surface area contributed by atoms with Crippen molar-refractivity contribution in [1.82, 2.24) is 10.2 Å². The molecule has 1 aromatic carbocycles. The van der Waals surface area contributed by atoms with Gasteiger partial charge in [0.05, 0.1) is 6.61 Å². The molecule has 1 N–H and O–H groups in total. The highest BCUT2D eigenvalue weighted by Crippen LogP contribution is 2.16. The molecule has 0 atom stereocenters. The number of aryl methyl sites for hydroxylation is 1. The predicted molar refractivity (Wildman–Crippen MR) is 100 cm³/mol. The third-order valence-electron chi connectivity index (χ3n) is 4.34. The lowest BCUT2D eigenvalue weighted by Gasteiger charge is -2.31. The number of hydrogen-bond acceptors (Lipinski definition) is 4. The molecule has 2 rings (SSSR count). The third kappa shape index (κ3) is 6.43. The Morgan fingerprint density at radius 2 is 2.04 bits per heavy atom. The van der Waals surface area contributed by atoms with Crippen molar-refractivity contribution in [2.24, 2.45) is 0 Å². The second-order valence-electron chi connectivity index (χ2n) is 6.41.